The Bertz CT molecular complexity index is 165. The second-order valence-electron chi connectivity index (χ2n) is 3.91. The second kappa shape index (κ2) is 4.47. The predicted octanol–water partition coefficient (Wildman–Crippen LogP) is 2.07. The smallest absolute Gasteiger partial charge is 0.0638 e. The lowest BCUT2D eigenvalue weighted by atomic mass is 9.81. The zero-order valence-electron chi connectivity index (χ0n) is 8.01. The van der Waals surface area contributed by atoms with E-state index in [4.69, 9.17) is 5.26 Å². The van der Waals surface area contributed by atoms with Gasteiger partial charge in [-0.3, -0.25) is 0 Å². The first-order valence-electron chi connectivity index (χ1n) is 4.89. The van der Waals surface area contributed by atoms with E-state index in [-0.39, 0.29) is 0 Å². The van der Waals surface area contributed by atoms with E-state index < -0.39 is 0 Å². The van der Waals surface area contributed by atoms with Crippen LogP contribution in [0, 0.1) is 17.2 Å². The van der Waals surface area contributed by atoms with Crippen molar-refractivity contribution in [2.24, 2.45) is 5.92 Å². The van der Waals surface area contributed by atoms with Gasteiger partial charge in [-0.2, -0.15) is 5.26 Å². The Morgan fingerprint density at radius 2 is 2.25 bits per heavy atom. The Morgan fingerprint density at radius 3 is 2.67 bits per heavy atom. The predicted molar refractivity (Wildman–Crippen MR) is 49.6 cm³/mol. The Morgan fingerprint density at radius 1 is 1.58 bits per heavy atom. The lowest BCUT2D eigenvalue weighted by Crippen LogP contribution is -2.45. The van der Waals surface area contributed by atoms with Crippen LogP contribution in [0.5, 0.6) is 0 Å². The molecule has 0 spiro atoms. The molecule has 68 valence electrons. The number of hydrogen-bond donors (Lipinski definition) is 1. The lowest BCUT2D eigenvalue weighted by Gasteiger charge is -2.35. The summed E-state index contributed by atoms with van der Waals surface area (Å²) < 4.78 is 0. The van der Waals surface area contributed by atoms with Crippen molar-refractivity contribution < 1.29 is 0 Å². The summed E-state index contributed by atoms with van der Waals surface area (Å²) in [7, 11) is 0. The third-order valence-electron chi connectivity index (χ3n) is 2.68. The fourth-order valence-corrected chi connectivity index (χ4v) is 1.80. The normalized spacial score (nSPS) is 30.4. The molecule has 1 fully saturated rings. The molecule has 0 bridgehead atoms. The second-order valence-corrected chi connectivity index (χ2v) is 3.91. The number of rotatable bonds is 4. The maximum absolute atomic E-state index is 8.53. The first-order valence-corrected chi connectivity index (χ1v) is 4.89. The van der Waals surface area contributed by atoms with Gasteiger partial charge in [-0.1, -0.05) is 13.8 Å². The number of hydrogen-bond acceptors (Lipinski definition) is 2. The molecule has 1 aliphatic rings. The van der Waals surface area contributed by atoms with Crippen molar-refractivity contribution in [2.45, 2.75) is 51.6 Å². The van der Waals surface area contributed by atoms with Gasteiger partial charge in [0, 0.05) is 12.1 Å². The lowest BCUT2D eigenvalue weighted by molar-refractivity contribution is 0.220. The van der Waals surface area contributed by atoms with Crippen molar-refractivity contribution in [3.8, 4) is 6.07 Å². The van der Waals surface area contributed by atoms with E-state index in [1.165, 1.54) is 12.8 Å². The molecular weight excluding hydrogens is 148 g/mol. The van der Waals surface area contributed by atoms with E-state index in [0.29, 0.717) is 18.5 Å². The van der Waals surface area contributed by atoms with Gasteiger partial charge in [-0.05, 0) is 25.2 Å². The van der Waals surface area contributed by atoms with Gasteiger partial charge in [0.1, 0.15) is 0 Å². The SMILES string of the molecule is CCC(CC#N)NC1CC(C)C1. The van der Waals surface area contributed by atoms with Gasteiger partial charge in [0.15, 0.2) is 0 Å². The van der Waals surface area contributed by atoms with E-state index >= 15 is 0 Å². The first kappa shape index (κ1) is 9.54. The van der Waals surface area contributed by atoms with Crippen molar-refractivity contribution in [1.82, 2.24) is 5.32 Å². The minimum atomic E-state index is 0.424. The summed E-state index contributed by atoms with van der Waals surface area (Å²) in [6, 6.07) is 3.34. The van der Waals surface area contributed by atoms with Gasteiger partial charge >= 0.3 is 0 Å². The number of nitrogens with zero attached hydrogens (tertiary/aromatic N) is 1. The van der Waals surface area contributed by atoms with Crippen LogP contribution in [0.25, 0.3) is 0 Å². The molecule has 0 aromatic carbocycles. The Balaban J connectivity index is 2.16. The van der Waals surface area contributed by atoms with Gasteiger partial charge in [0.25, 0.3) is 0 Å². The monoisotopic (exact) mass is 166 g/mol. The highest BCUT2D eigenvalue weighted by atomic mass is 15.0. The molecule has 0 aliphatic heterocycles. The maximum atomic E-state index is 8.53. The first-order chi connectivity index (χ1) is 5.76. The van der Waals surface area contributed by atoms with Crippen molar-refractivity contribution in [2.75, 3.05) is 0 Å². The van der Waals surface area contributed by atoms with Crippen LogP contribution < -0.4 is 5.32 Å². The van der Waals surface area contributed by atoms with Crippen LogP contribution in [0.15, 0.2) is 0 Å². The molecule has 0 aromatic heterocycles. The van der Waals surface area contributed by atoms with Crippen LogP contribution in [0.1, 0.15) is 39.5 Å². The minimum Gasteiger partial charge on any atom is -0.310 e. The van der Waals surface area contributed by atoms with E-state index in [1.54, 1.807) is 0 Å². The van der Waals surface area contributed by atoms with Crippen LogP contribution in [0.2, 0.25) is 0 Å². The summed E-state index contributed by atoms with van der Waals surface area (Å²) in [6.07, 6.45) is 4.31. The molecule has 2 nitrogen and oxygen atoms in total. The molecule has 0 amide bonds. The molecule has 0 radical (unpaired) electrons. The molecular formula is C10H18N2. The molecule has 1 rings (SSSR count). The quantitative estimate of drug-likeness (QED) is 0.694. The zero-order chi connectivity index (χ0) is 8.97. The van der Waals surface area contributed by atoms with Crippen molar-refractivity contribution in [1.29, 1.82) is 5.26 Å². The molecule has 0 aromatic rings. The van der Waals surface area contributed by atoms with Gasteiger partial charge < -0.3 is 5.32 Å². The number of nitrogens with one attached hydrogen (secondary N) is 1. The third kappa shape index (κ3) is 2.49. The molecule has 1 N–H and O–H groups in total. The van der Waals surface area contributed by atoms with E-state index in [9.17, 15) is 0 Å². The molecule has 1 saturated carbocycles. The highest BCUT2D eigenvalue weighted by Crippen LogP contribution is 2.26. The van der Waals surface area contributed by atoms with Crippen LogP contribution in [0.4, 0.5) is 0 Å². The van der Waals surface area contributed by atoms with Gasteiger partial charge in [-0.15, -0.1) is 0 Å². The third-order valence-corrected chi connectivity index (χ3v) is 2.68. The summed E-state index contributed by atoms with van der Waals surface area (Å²) in [6.45, 7) is 4.42. The minimum absolute atomic E-state index is 0.424. The largest absolute Gasteiger partial charge is 0.310 e. The molecule has 1 aliphatic carbocycles. The summed E-state index contributed by atoms with van der Waals surface area (Å²) >= 11 is 0. The van der Waals surface area contributed by atoms with E-state index in [2.05, 4.69) is 25.2 Å². The molecule has 12 heavy (non-hydrogen) atoms. The molecule has 0 heterocycles. The molecule has 2 heteroatoms. The number of nitriles is 1. The zero-order valence-corrected chi connectivity index (χ0v) is 8.01. The Labute approximate surface area is 75.0 Å². The summed E-state index contributed by atoms with van der Waals surface area (Å²) in [4.78, 5) is 0. The Hall–Kier alpha value is -0.550. The van der Waals surface area contributed by atoms with Gasteiger partial charge in [-0.25, -0.2) is 0 Å². The summed E-state index contributed by atoms with van der Waals surface area (Å²) in [5.41, 5.74) is 0. The average molecular weight is 166 g/mol. The van der Waals surface area contributed by atoms with E-state index in [1.807, 2.05) is 0 Å². The van der Waals surface area contributed by atoms with Crippen LogP contribution in [0.3, 0.4) is 0 Å². The molecule has 1 atom stereocenters. The van der Waals surface area contributed by atoms with Crippen LogP contribution >= 0.6 is 0 Å². The maximum Gasteiger partial charge on any atom is 0.0638 e. The standard InChI is InChI=1S/C10H18N2/c1-3-9(4-5-11)12-10-6-8(2)7-10/h8-10,12H,3-4,6-7H2,1-2H3. The molecule has 0 saturated heterocycles. The van der Waals surface area contributed by atoms with Gasteiger partial charge in [0.05, 0.1) is 12.5 Å². The fourth-order valence-electron chi connectivity index (χ4n) is 1.80. The van der Waals surface area contributed by atoms with Crippen LogP contribution in [-0.4, -0.2) is 12.1 Å². The van der Waals surface area contributed by atoms with Gasteiger partial charge in [0.2, 0.25) is 0 Å². The van der Waals surface area contributed by atoms with Crippen molar-refractivity contribution in [3.63, 3.8) is 0 Å². The fraction of sp³-hybridized carbons (Fsp3) is 0.900. The van der Waals surface area contributed by atoms with Crippen molar-refractivity contribution >= 4 is 0 Å². The van der Waals surface area contributed by atoms with Crippen LogP contribution in [-0.2, 0) is 0 Å². The summed E-state index contributed by atoms with van der Waals surface area (Å²) in [5.74, 6) is 0.891. The Kier molecular flexibility index (Phi) is 3.55. The highest BCUT2D eigenvalue weighted by molar-refractivity contribution is 4.88. The topological polar surface area (TPSA) is 35.8 Å². The van der Waals surface area contributed by atoms with E-state index in [0.717, 1.165) is 12.3 Å². The van der Waals surface area contributed by atoms with Crippen molar-refractivity contribution in [3.05, 3.63) is 0 Å². The summed E-state index contributed by atoms with van der Waals surface area (Å²) in [5, 5.41) is 12.0. The highest BCUT2D eigenvalue weighted by Gasteiger charge is 2.26. The molecule has 1 unspecified atom stereocenters. The average Bonchev–Trinajstić information content (AvgIpc) is 2.00.